The van der Waals surface area contributed by atoms with Crippen LogP contribution in [0.3, 0.4) is 0 Å². The van der Waals surface area contributed by atoms with Crippen molar-refractivity contribution in [1.82, 2.24) is 0 Å². The summed E-state index contributed by atoms with van der Waals surface area (Å²) in [4.78, 5) is 15.3. The Morgan fingerprint density at radius 2 is 1.77 bits per heavy atom. The molecule has 35 heavy (non-hydrogen) atoms. The summed E-state index contributed by atoms with van der Waals surface area (Å²) < 4.78 is 14.7. The molecule has 5 heteroatoms. The summed E-state index contributed by atoms with van der Waals surface area (Å²) in [5, 5.41) is 0. The maximum Gasteiger partial charge on any atom is 0.338 e. The quantitative estimate of drug-likeness (QED) is 0.351. The third kappa shape index (κ3) is 4.96. The SMILES string of the molecule is CCOC(=O)c1ccccc1C1c2ccc(N(CC)CC)cc2OC2CC(=[N+](CC)CC)CCC21. The van der Waals surface area contributed by atoms with Gasteiger partial charge in [0.1, 0.15) is 24.9 Å². The third-order valence-electron chi connectivity index (χ3n) is 7.85. The normalized spacial score (nSPS) is 20.9. The molecule has 1 saturated carbocycles. The summed E-state index contributed by atoms with van der Waals surface area (Å²) in [7, 11) is 0. The van der Waals surface area contributed by atoms with Crippen molar-refractivity contribution in [2.24, 2.45) is 5.92 Å². The number of carbonyl (C=O) groups excluding carboxylic acids is 1. The van der Waals surface area contributed by atoms with Crippen LogP contribution < -0.4 is 9.64 Å². The zero-order valence-electron chi connectivity index (χ0n) is 22.0. The molecule has 1 heterocycles. The maximum atomic E-state index is 12.9. The van der Waals surface area contributed by atoms with E-state index in [0.29, 0.717) is 18.1 Å². The first-order chi connectivity index (χ1) is 17.1. The number of carbonyl (C=O) groups is 1. The summed E-state index contributed by atoms with van der Waals surface area (Å²) in [6.45, 7) is 15.0. The minimum atomic E-state index is -0.237. The predicted octanol–water partition coefficient (Wildman–Crippen LogP) is 5.90. The van der Waals surface area contributed by atoms with E-state index in [0.717, 1.165) is 56.8 Å². The molecule has 3 unspecified atom stereocenters. The molecular formula is C30H41N2O3+. The lowest BCUT2D eigenvalue weighted by Crippen LogP contribution is -2.44. The summed E-state index contributed by atoms with van der Waals surface area (Å²) >= 11 is 0. The highest BCUT2D eigenvalue weighted by atomic mass is 16.5. The maximum absolute atomic E-state index is 12.9. The van der Waals surface area contributed by atoms with Gasteiger partial charge in [0.2, 0.25) is 0 Å². The fourth-order valence-corrected chi connectivity index (χ4v) is 6.10. The Morgan fingerprint density at radius 1 is 1.03 bits per heavy atom. The number of hydrogen-bond acceptors (Lipinski definition) is 4. The van der Waals surface area contributed by atoms with Crippen molar-refractivity contribution >= 4 is 17.4 Å². The Morgan fingerprint density at radius 3 is 2.46 bits per heavy atom. The number of fused-ring (bicyclic) bond motifs is 2. The fraction of sp³-hybridized carbons (Fsp3) is 0.533. The van der Waals surface area contributed by atoms with E-state index in [9.17, 15) is 4.79 Å². The van der Waals surface area contributed by atoms with Gasteiger partial charge in [0, 0.05) is 48.7 Å². The molecule has 1 aliphatic heterocycles. The number of benzene rings is 2. The van der Waals surface area contributed by atoms with E-state index in [4.69, 9.17) is 9.47 Å². The van der Waals surface area contributed by atoms with Crippen molar-refractivity contribution in [1.29, 1.82) is 0 Å². The van der Waals surface area contributed by atoms with Crippen LogP contribution in [0.4, 0.5) is 5.69 Å². The Balaban J connectivity index is 1.83. The molecule has 2 aromatic carbocycles. The highest BCUT2D eigenvalue weighted by Gasteiger charge is 2.44. The second-order valence-corrected chi connectivity index (χ2v) is 9.48. The van der Waals surface area contributed by atoms with E-state index < -0.39 is 0 Å². The van der Waals surface area contributed by atoms with Gasteiger partial charge in [-0.05, 0) is 58.7 Å². The summed E-state index contributed by atoms with van der Waals surface area (Å²) in [5.74, 6) is 1.14. The van der Waals surface area contributed by atoms with Crippen molar-refractivity contribution in [2.75, 3.05) is 37.7 Å². The molecule has 188 valence electrons. The number of rotatable bonds is 8. The average Bonchev–Trinajstić information content (AvgIpc) is 2.88. The summed E-state index contributed by atoms with van der Waals surface area (Å²) in [5.41, 5.74) is 5.61. The molecule has 5 nitrogen and oxygen atoms in total. The number of esters is 1. The van der Waals surface area contributed by atoms with Crippen molar-refractivity contribution < 1.29 is 18.8 Å². The second kappa shape index (κ2) is 11.3. The first-order valence-corrected chi connectivity index (χ1v) is 13.5. The lowest BCUT2D eigenvalue weighted by atomic mass is 9.69. The van der Waals surface area contributed by atoms with Crippen LogP contribution in [0, 0.1) is 5.92 Å². The second-order valence-electron chi connectivity index (χ2n) is 9.48. The van der Waals surface area contributed by atoms with Crippen LogP contribution in [0.25, 0.3) is 0 Å². The molecule has 3 atom stereocenters. The fourth-order valence-electron chi connectivity index (χ4n) is 6.10. The molecule has 0 N–H and O–H groups in total. The van der Waals surface area contributed by atoms with Gasteiger partial charge in [0.15, 0.2) is 5.71 Å². The summed E-state index contributed by atoms with van der Waals surface area (Å²) in [6, 6.07) is 14.7. The Hall–Kier alpha value is -2.82. The number of anilines is 1. The lowest BCUT2D eigenvalue weighted by Gasteiger charge is -2.43. The molecule has 1 fully saturated rings. The van der Waals surface area contributed by atoms with Crippen LogP contribution in [-0.2, 0) is 4.74 Å². The van der Waals surface area contributed by atoms with Gasteiger partial charge in [-0.15, -0.1) is 0 Å². The monoisotopic (exact) mass is 477 g/mol. The summed E-state index contributed by atoms with van der Waals surface area (Å²) in [6.07, 6.45) is 3.17. The van der Waals surface area contributed by atoms with Crippen LogP contribution in [-0.4, -0.2) is 55.1 Å². The number of hydrogen-bond donors (Lipinski definition) is 0. The van der Waals surface area contributed by atoms with E-state index in [2.05, 4.69) is 61.4 Å². The first kappa shape index (κ1) is 25.3. The smallest absolute Gasteiger partial charge is 0.338 e. The van der Waals surface area contributed by atoms with Crippen LogP contribution in [0.2, 0.25) is 0 Å². The average molecular weight is 478 g/mol. The Labute approximate surface area is 210 Å². The molecule has 0 bridgehead atoms. The molecule has 1 aliphatic carbocycles. The lowest BCUT2D eigenvalue weighted by molar-refractivity contribution is -0.523. The standard InChI is InChI=1S/C30H41N2O3/c1-6-31(7-2)21-15-17-25-27(19-21)35-28-20-22(32(8-3)9-4)16-18-26(28)29(25)23-13-11-12-14-24(23)30(33)34-10-5/h11-15,17,19,26,28-29H,6-10,16,18,20H2,1-5H3/q+1. The molecular weight excluding hydrogens is 436 g/mol. The third-order valence-corrected chi connectivity index (χ3v) is 7.85. The van der Waals surface area contributed by atoms with Crippen molar-refractivity contribution in [3.63, 3.8) is 0 Å². The Kier molecular flexibility index (Phi) is 8.15. The largest absolute Gasteiger partial charge is 0.489 e. The minimum absolute atomic E-state index is 0.0963. The highest BCUT2D eigenvalue weighted by Crippen LogP contribution is 2.50. The van der Waals surface area contributed by atoms with Gasteiger partial charge in [0.05, 0.1) is 18.6 Å². The topological polar surface area (TPSA) is 41.8 Å². The van der Waals surface area contributed by atoms with E-state index in [1.165, 1.54) is 17.0 Å². The zero-order valence-corrected chi connectivity index (χ0v) is 22.0. The van der Waals surface area contributed by atoms with Gasteiger partial charge in [-0.25, -0.2) is 9.37 Å². The molecule has 0 radical (unpaired) electrons. The van der Waals surface area contributed by atoms with Gasteiger partial charge in [0.25, 0.3) is 0 Å². The van der Waals surface area contributed by atoms with Gasteiger partial charge in [-0.3, -0.25) is 0 Å². The van der Waals surface area contributed by atoms with Crippen molar-refractivity contribution in [2.45, 2.75) is 65.9 Å². The Bertz CT molecular complexity index is 1070. The number of nitrogens with zero attached hydrogens (tertiary/aromatic N) is 2. The highest BCUT2D eigenvalue weighted by molar-refractivity contribution is 5.91. The molecule has 0 spiro atoms. The number of ether oxygens (including phenoxy) is 2. The van der Waals surface area contributed by atoms with Crippen LogP contribution >= 0.6 is 0 Å². The zero-order chi connectivity index (χ0) is 24.9. The van der Waals surface area contributed by atoms with Crippen LogP contribution in [0.15, 0.2) is 42.5 Å². The van der Waals surface area contributed by atoms with Crippen molar-refractivity contribution in [3.05, 3.63) is 59.2 Å². The van der Waals surface area contributed by atoms with Crippen molar-refractivity contribution in [3.8, 4) is 5.75 Å². The molecule has 0 amide bonds. The van der Waals surface area contributed by atoms with Gasteiger partial charge in [-0.2, -0.15) is 0 Å². The predicted molar refractivity (Wildman–Crippen MR) is 142 cm³/mol. The minimum Gasteiger partial charge on any atom is -0.489 e. The van der Waals surface area contributed by atoms with Crippen LogP contribution in [0.1, 0.15) is 81.3 Å². The van der Waals surface area contributed by atoms with E-state index in [1.54, 1.807) is 0 Å². The van der Waals surface area contributed by atoms with E-state index >= 15 is 0 Å². The van der Waals surface area contributed by atoms with Gasteiger partial charge in [-0.1, -0.05) is 24.3 Å². The van der Waals surface area contributed by atoms with E-state index in [-0.39, 0.29) is 18.0 Å². The molecule has 2 aromatic rings. The molecule has 0 saturated heterocycles. The molecule has 0 aromatic heterocycles. The van der Waals surface area contributed by atoms with E-state index in [1.807, 2.05) is 25.1 Å². The van der Waals surface area contributed by atoms with Crippen LogP contribution in [0.5, 0.6) is 5.75 Å². The molecule has 2 aliphatic rings. The molecule has 4 rings (SSSR count). The van der Waals surface area contributed by atoms with Gasteiger partial charge >= 0.3 is 5.97 Å². The van der Waals surface area contributed by atoms with Gasteiger partial charge < -0.3 is 14.4 Å². The first-order valence-electron chi connectivity index (χ1n) is 13.5.